The molecule has 0 aliphatic carbocycles. The second kappa shape index (κ2) is 5.33. The molecule has 0 bridgehead atoms. The molecule has 118 valence electrons. The fraction of sp³-hybridized carbons (Fsp3) is 0.462. The Morgan fingerprint density at radius 1 is 1.36 bits per heavy atom. The molecular formula is C13H15N3O5S. The van der Waals surface area contributed by atoms with Crippen LogP contribution in [0.5, 0.6) is 0 Å². The molecule has 0 spiro atoms. The normalized spacial score (nSPS) is 23.7. The molecular weight excluding hydrogens is 310 g/mol. The number of carboxylic acid groups (broad SMARTS) is 1. The van der Waals surface area contributed by atoms with Gasteiger partial charge in [-0.05, 0) is 42.2 Å². The molecule has 0 saturated carbocycles. The number of nitrogens with zero attached hydrogens (tertiary/aromatic N) is 3. The largest absolute Gasteiger partial charge is 0.481 e. The lowest BCUT2D eigenvalue weighted by Gasteiger charge is -2.35. The third kappa shape index (κ3) is 2.35. The van der Waals surface area contributed by atoms with Crippen LogP contribution in [0.2, 0.25) is 0 Å². The van der Waals surface area contributed by atoms with Crippen molar-refractivity contribution in [2.45, 2.75) is 30.7 Å². The molecule has 2 unspecified atom stereocenters. The predicted molar refractivity (Wildman–Crippen MR) is 75.5 cm³/mol. The van der Waals surface area contributed by atoms with E-state index in [9.17, 15) is 13.2 Å². The summed E-state index contributed by atoms with van der Waals surface area (Å²) in [5, 5.41) is 16.4. The first kappa shape index (κ1) is 14.9. The molecule has 1 N–H and O–H groups in total. The summed E-state index contributed by atoms with van der Waals surface area (Å²) in [6, 6.07) is 4.32. The zero-order valence-electron chi connectivity index (χ0n) is 11.8. The smallest absolute Gasteiger partial charge is 0.307 e. The Bertz CT molecular complexity index is 816. The summed E-state index contributed by atoms with van der Waals surface area (Å²) in [6.45, 7) is 1.73. The van der Waals surface area contributed by atoms with Crippen molar-refractivity contribution in [3.8, 4) is 0 Å². The number of piperidine rings is 1. The number of benzene rings is 1. The maximum Gasteiger partial charge on any atom is 0.307 e. The highest BCUT2D eigenvalue weighted by Gasteiger charge is 2.38. The van der Waals surface area contributed by atoms with Crippen molar-refractivity contribution in [2.75, 3.05) is 6.54 Å². The third-order valence-electron chi connectivity index (χ3n) is 4.01. The van der Waals surface area contributed by atoms with Gasteiger partial charge in [0.15, 0.2) is 5.52 Å². The Hall–Kier alpha value is -2.00. The minimum atomic E-state index is -3.87. The highest BCUT2D eigenvalue weighted by molar-refractivity contribution is 7.89. The number of aromatic nitrogens is 2. The molecule has 1 fully saturated rings. The first-order valence-corrected chi connectivity index (χ1v) is 8.31. The summed E-state index contributed by atoms with van der Waals surface area (Å²) in [7, 11) is -3.87. The van der Waals surface area contributed by atoms with Gasteiger partial charge >= 0.3 is 5.97 Å². The molecule has 1 aliphatic rings. The number of hydrogen-bond donors (Lipinski definition) is 1. The Balaban J connectivity index is 2.05. The van der Waals surface area contributed by atoms with Crippen molar-refractivity contribution in [1.82, 2.24) is 14.6 Å². The van der Waals surface area contributed by atoms with Crippen LogP contribution in [0.1, 0.15) is 19.8 Å². The van der Waals surface area contributed by atoms with Gasteiger partial charge in [-0.25, -0.2) is 13.0 Å². The second-order valence-electron chi connectivity index (χ2n) is 5.42. The van der Waals surface area contributed by atoms with Gasteiger partial charge in [-0.2, -0.15) is 4.31 Å². The molecule has 2 aromatic rings. The van der Waals surface area contributed by atoms with E-state index in [4.69, 9.17) is 5.11 Å². The Kier molecular flexibility index (Phi) is 3.61. The maximum atomic E-state index is 12.9. The Labute approximate surface area is 126 Å². The fourth-order valence-corrected chi connectivity index (χ4v) is 4.57. The maximum absolute atomic E-state index is 12.9. The lowest BCUT2D eigenvalue weighted by atomic mass is 9.96. The van der Waals surface area contributed by atoms with Crippen LogP contribution in [0.25, 0.3) is 11.0 Å². The minimum Gasteiger partial charge on any atom is -0.481 e. The van der Waals surface area contributed by atoms with Crippen molar-refractivity contribution in [3.63, 3.8) is 0 Å². The molecule has 2 atom stereocenters. The number of rotatable bonds is 3. The van der Waals surface area contributed by atoms with Crippen LogP contribution in [-0.2, 0) is 14.8 Å². The van der Waals surface area contributed by atoms with Gasteiger partial charge in [0.25, 0.3) is 0 Å². The Morgan fingerprint density at radius 3 is 2.86 bits per heavy atom. The molecule has 3 rings (SSSR count). The van der Waals surface area contributed by atoms with Gasteiger partial charge in [-0.3, -0.25) is 4.79 Å². The SMILES string of the molecule is CC1CCC(C(=O)O)CN1S(=O)(=O)c1cccc2nonc12. The van der Waals surface area contributed by atoms with E-state index in [2.05, 4.69) is 14.9 Å². The van der Waals surface area contributed by atoms with E-state index in [0.717, 1.165) is 0 Å². The number of carbonyl (C=O) groups is 1. The quantitative estimate of drug-likeness (QED) is 0.898. The molecule has 22 heavy (non-hydrogen) atoms. The van der Waals surface area contributed by atoms with Crippen molar-refractivity contribution in [2.24, 2.45) is 5.92 Å². The van der Waals surface area contributed by atoms with Crippen molar-refractivity contribution < 1.29 is 22.9 Å². The van der Waals surface area contributed by atoms with Gasteiger partial charge in [0.2, 0.25) is 10.0 Å². The van der Waals surface area contributed by atoms with Gasteiger partial charge in [0.1, 0.15) is 10.4 Å². The highest BCUT2D eigenvalue weighted by Crippen LogP contribution is 2.30. The number of carboxylic acids is 1. The molecule has 0 amide bonds. The zero-order chi connectivity index (χ0) is 15.9. The molecule has 1 saturated heterocycles. The van der Waals surface area contributed by atoms with Crippen LogP contribution in [-0.4, -0.2) is 46.7 Å². The van der Waals surface area contributed by atoms with Crippen molar-refractivity contribution >= 4 is 27.0 Å². The molecule has 0 radical (unpaired) electrons. The molecule has 1 aromatic carbocycles. The van der Waals surface area contributed by atoms with Gasteiger partial charge in [0.05, 0.1) is 5.92 Å². The fourth-order valence-electron chi connectivity index (χ4n) is 2.73. The highest BCUT2D eigenvalue weighted by atomic mass is 32.2. The minimum absolute atomic E-state index is 0.0101. The summed E-state index contributed by atoms with van der Waals surface area (Å²) < 4.78 is 31.6. The standard InChI is InChI=1S/C13H15N3O5S/c1-8-5-6-9(13(17)18)7-16(8)22(19,20)11-4-2-3-10-12(11)15-21-14-10/h2-4,8-9H,5-7H2,1H3,(H,17,18). The van der Waals surface area contributed by atoms with Gasteiger partial charge < -0.3 is 5.11 Å². The van der Waals surface area contributed by atoms with E-state index in [1.807, 2.05) is 0 Å². The number of fused-ring (bicyclic) bond motifs is 1. The second-order valence-corrected chi connectivity index (χ2v) is 7.28. The van der Waals surface area contributed by atoms with Crippen LogP contribution in [0.3, 0.4) is 0 Å². The van der Waals surface area contributed by atoms with E-state index in [1.54, 1.807) is 19.1 Å². The molecule has 1 aromatic heterocycles. The van der Waals surface area contributed by atoms with Gasteiger partial charge in [-0.1, -0.05) is 6.07 Å². The molecule has 1 aliphatic heterocycles. The topological polar surface area (TPSA) is 114 Å². The van der Waals surface area contributed by atoms with Crippen molar-refractivity contribution in [3.05, 3.63) is 18.2 Å². The summed E-state index contributed by atoms with van der Waals surface area (Å²) in [5.41, 5.74) is 0.507. The van der Waals surface area contributed by atoms with Gasteiger partial charge in [-0.15, -0.1) is 0 Å². The molecule has 2 heterocycles. The van der Waals surface area contributed by atoms with Crippen LogP contribution in [0.15, 0.2) is 27.7 Å². The van der Waals surface area contributed by atoms with Crippen molar-refractivity contribution in [1.29, 1.82) is 0 Å². The zero-order valence-corrected chi connectivity index (χ0v) is 12.7. The van der Waals surface area contributed by atoms with Gasteiger partial charge in [0, 0.05) is 12.6 Å². The van der Waals surface area contributed by atoms with Crippen LogP contribution < -0.4 is 0 Å². The Morgan fingerprint density at radius 2 is 2.14 bits per heavy atom. The number of hydrogen-bond acceptors (Lipinski definition) is 6. The average Bonchev–Trinajstić information content (AvgIpc) is 2.95. The van der Waals surface area contributed by atoms with E-state index in [1.165, 1.54) is 10.4 Å². The van der Waals surface area contributed by atoms with E-state index < -0.39 is 21.9 Å². The third-order valence-corrected chi connectivity index (χ3v) is 6.02. The van der Waals surface area contributed by atoms with E-state index in [0.29, 0.717) is 18.4 Å². The summed E-state index contributed by atoms with van der Waals surface area (Å²) >= 11 is 0. The summed E-state index contributed by atoms with van der Waals surface area (Å²) in [4.78, 5) is 11.2. The molecule has 9 heteroatoms. The summed E-state index contributed by atoms with van der Waals surface area (Å²) in [5.74, 6) is -1.67. The van der Waals surface area contributed by atoms with Crippen LogP contribution in [0.4, 0.5) is 0 Å². The summed E-state index contributed by atoms with van der Waals surface area (Å²) in [6.07, 6.45) is 0.974. The average molecular weight is 325 g/mol. The van der Waals surface area contributed by atoms with E-state index in [-0.39, 0.29) is 23.0 Å². The molecule has 8 nitrogen and oxygen atoms in total. The van der Waals surface area contributed by atoms with Crippen LogP contribution >= 0.6 is 0 Å². The van der Waals surface area contributed by atoms with Crippen LogP contribution in [0, 0.1) is 5.92 Å². The first-order valence-electron chi connectivity index (χ1n) is 6.87. The monoisotopic (exact) mass is 325 g/mol. The van der Waals surface area contributed by atoms with E-state index >= 15 is 0 Å². The lowest BCUT2D eigenvalue weighted by molar-refractivity contribution is -0.143. The predicted octanol–water partition coefficient (Wildman–Crippen LogP) is 1.10. The lowest BCUT2D eigenvalue weighted by Crippen LogP contribution is -2.47. The number of aliphatic carboxylic acids is 1. The first-order chi connectivity index (χ1) is 10.4. The number of sulfonamides is 1.